The first kappa shape index (κ1) is 14.0. The van der Waals surface area contributed by atoms with Crippen molar-refractivity contribution in [3.8, 4) is 0 Å². The van der Waals surface area contributed by atoms with E-state index < -0.39 is 20.9 Å². The van der Waals surface area contributed by atoms with Gasteiger partial charge in [-0.25, -0.2) is 12.7 Å². The Hall–Kier alpha value is -0.950. The lowest BCUT2D eigenvalue weighted by Gasteiger charge is -2.26. The van der Waals surface area contributed by atoms with Gasteiger partial charge in [0.1, 0.15) is 4.75 Å². The highest BCUT2D eigenvalue weighted by atomic mass is 32.2. The smallest absolute Gasteiger partial charge is 0.223 e. The van der Waals surface area contributed by atoms with Gasteiger partial charge in [0.05, 0.1) is 6.10 Å². The number of likely N-dealkylation sites (tertiary alicyclic amines) is 1. The number of aliphatic hydroxyl groups excluding tert-OH is 1. The lowest BCUT2D eigenvalue weighted by molar-refractivity contribution is 0.130. The quantitative estimate of drug-likeness (QED) is 0.851. The van der Waals surface area contributed by atoms with Crippen LogP contribution in [0.2, 0.25) is 0 Å². The Morgan fingerprint density at radius 2 is 2.05 bits per heavy atom. The number of aliphatic hydroxyl groups is 1. The van der Waals surface area contributed by atoms with E-state index >= 15 is 0 Å². The minimum atomic E-state index is -3.40. The summed E-state index contributed by atoms with van der Waals surface area (Å²) >= 11 is 0. The standard InChI is InChI=1S/C14H20N2O3S/c1-15-10-13(17)14(20(15,18)19)7-8-16(11-14)9-12-5-3-2-4-6-12/h2-6,13,17H,7-11H2,1H3/t13-,14+/m0/s1. The fourth-order valence-electron chi connectivity index (χ4n) is 3.33. The Morgan fingerprint density at radius 1 is 1.35 bits per heavy atom. The highest BCUT2D eigenvalue weighted by molar-refractivity contribution is 7.90. The van der Waals surface area contributed by atoms with Gasteiger partial charge in [-0.1, -0.05) is 30.3 Å². The number of nitrogens with zero attached hydrogens (tertiary/aromatic N) is 2. The molecule has 2 aliphatic rings. The van der Waals surface area contributed by atoms with E-state index in [1.807, 2.05) is 30.3 Å². The molecule has 0 saturated carbocycles. The molecule has 1 aromatic rings. The molecule has 3 rings (SSSR count). The minimum Gasteiger partial charge on any atom is -0.390 e. The van der Waals surface area contributed by atoms with Crippen molar-refractivity contribution >= 4 is 10.0 Å². The van der Waals surface area contributed by atoms with Crippen LogP contribution < -0.4 is 0 Å². The molecular weight excluding hydrogens is 276 g/mol. The summed E-state index contributed by atoms with van der Waals surface area (Å²) in [6.45, 7) is 2.06. The van der Waals surface area contributed by atoms with Gasteiger partial charge in [-0.2, -0.15) is 0 Å². The van der Waals surface area contributed by atoms with Crippen molar-refractivity contribution in [1.82, 2.24) is 9.21 Å². The molecule has 0 bridgehead atoms. The zero-order valence-corrected chi connectivity index (χ0v) is 12.4. The summed E-state index contributed by atoms with van der Waals surface area (Å²) < 4.78 is 25.2. The Morgan fingerprint density at radius 3 is 2.65 bits per heavy atom. The summed E-state index contributed by atoms with van der Waals surface area (Å²) in [7, 11) is -1.85. The highest BCUT2D eigenvalue weighted by Crippen LogP contribution is 2.40. The molecule has 1 spiro atoms. The number of β-amino-alcohol motifs (C(OH)–C–C–N with tert-alkyl or cyclic N) is 1. The number of benzene rings is 1. The third kappa shape index (κ3) is 1.98. The van der Waals surface area contributed by atoms with Crippen LogP contribution in [0.4, 0.5) is 0 Å². The molecule has 110 valence electrons. The fourth-order valence-corrected chi connectivity index (χ4v) is 5.40. The lowest BCUT2D eigenvalue weighted by atomic mass is 10.0. The van der Waals surface area contributed by atoms with Crippen LogP contribution in [0.15, 0.2) is 30.3 Å². The van der Waals surface area contributed by atoms with Crippen molar-refractivity contribution < 1.29 is 13.5 Å². The van der Waals surface area contributed by atoms with Crippen molar-refractivity contribution in [3.63, 3.8) is 0 Å². The van der Waals surface area contributed by atoms with Crippen LogP contribution in [0.5, 0.6) is 0 Å². The maximum Gasteiger partial charge on any atom is 0.223 e. The van der Waals surface area contributed by atoms with Crippen LogP contribution in [0.25, 0.3) is 0 Å². The first-order valence-corrected chi connectivity index (χ1v) is 8.30. The third-order valence-corrected chi connectivity index (χ3v) is 7.16. The molecule has 0 aliphatic carbocycles. The average molecular weight is 296 g/mol. The van der Waals surface area contributed by atoms with Gasteiger partial charge in [0.25, 0.3) is 0 Å². The summed E-state index contributed by atoms with van der Waals surface area (Å²) in [5.41, 5.74) is 1.17. The molecule has 2 atom stereocenters. The second-order valence-corrected chi connectivity index (χ2v) is 8.20. The molecule has 20 heavy (non-hydrogen) atoms. The number of hydrogen-bond acceptors (Lipinski definition) is 4. The zero-order valence-electron chi connectivity index (χ0n) is 11.6. The van der Waals surface area contributed by atoms with Crippen molar-refractivity contribution in [2.75, 3.05) is 26.7 Å². The molecule has 0 aromatic heterocycles. The van der Waals surface area contributed by atoms with Crippen LogP contribution in [0.3, 0.4) is 0 Å². The molecule has 2 aliphatic heterocycles. The Balaban J connectivity index is 1.80. The summed E-state index contributed by atoms with van der Waals surface area (Å²) in [6.07, 6.45) is -0.286. The summed E-state index contributed by atoms with van der Waals surface area (Å²) in [5.74, 6) is 0. The van der Waals surface area contributed by atoms with Gasteiger partial charge in [-0.05, 0) is 12.0 Å². The molecule has 5 nitrogen and oxygen atoms in total. The first-order chi connectivity index (χ1) is 9.46. The molecule has 1 N–H and O–H groups in total. The highest BCUT2D eigenvalue weighted by Gasteiger charge is 2.60. The molecule has 2 fully saturated rings. The SMILES string of the molecule is CN1C[C@H](O)[C@]2(CCN(Cc3ccccc3)C2)S1(=O)=O. The van der Waals surface area contributed by atoms with Crippen LogP contribution in [-0.4, -0.2) is 60.3 Å². The molecule has 2 heterocycles. The third-order valence-electron chi connectivity index (χ3n) is 4.55. The van der Waals surface area contributed by atoms with Crippen LogP contribution >= 0.6 is 0 Å². The topological polar surface area (TPSA) is 60.9 Å². The molecule has 2 saturated heterocycles. The summed E-state index contributed by atoms with van der Waals surface area (Å²) in [4.78, 5) is 2.12. The van der Waals surface area contributed by atoms with Gasteiger partial charge in [0.2, 0.25) is 10.0 Å². The fraction of sp³-hybridized carbons (Fsp3) is 0.571. The van der Waals surface area contributed by atoms with Crippen LogP contribution in [0.1, 0.15) is 12.0 Å². The molecule has 0 radical (unpaired) electrons. The van der Waals surface area contributed by atoms with E-state index in [1.54, 1.807) is 7.05 Å². The van der Waals surface area contributed by atoms with Crippen molar-refractivity contribution in [2.24, 2.45) is 0 Å². The molecule has 6 heteroatoms. The van der Waals surface area contributed by atoms with Crippen molar-refractivity contribution in [1.29, 1.82) is 0 Å². The molecule has 0 amide bonds. The van der Waals surface area contributed by atoms with Gasteiger partial charge in [-0.3, -0.25) is 4.90 Å². The van der Waals surface area contributed by atoms with Gasteiger partial charge in [0.15, 0.2) is 0 Å². The van der Waals surface area contributed by atoms with Crippen molar-refractivity contribution in [2.45, 2.75) is 23.8 Å². The van der Waals surface area contributed by atoms with Gasteiger partial charge in [0, 0.05) is 33.2 Å². The molecular formula is C14H20N2O3S. The second-order valence-electron chi connectivity index (χ2n) is 5.81. The van der Waals surface area contributed by atoms with E-state index in [2.05, 4.69) is 4.90 Å². The molecule has 1 aromatic carbocycles. The maximum atomic E-state index is 12.5. The molecule has 0 unspecified atom stereocenters. The Labute approximate surface area is 119 Å². The Kier molecular flexibility index (Phi) is 3.36. The van der Waals surface area contributed by atoms with E-state index in [-0.39, 0.29) is 6.54 Å². The van der Waals surface area contributed by atoms with Gasteiger partial charge in [-0.15, -0.1) is 0 Å². The lowest BCUT2D eigenvalue weighted by Crippen LogP contribution is -2.47. The van der Waals surface area contributed by atoms with Crippen LogP contribution in [-0.2, 0) is 16.6 Å². The second kappa shape index (κ2) is 4.80. The number of rotatable bonds is 2. The maximum absolute atomic E-state index is 12.5. The van der Waals surface area contributed by atoms with E-state index in [1.165, 1.54) is 9.87 Å². The number of likely N-dealkylation sites (N-methyl/N-ethyl adjacent to an activating group) is 1. The number of sulfonamides is 1. The number of hydrogen-bond donors (Lipinski definition) is 1. The zero-order chi connectivity index (χ0) is 14.4. The average Bonchev–Trinajstić information content (AvgIpc) is 2.91. The van der Waals surface area contributed by atoms with E-state index in [0.29, 0.717) is 19.5 Å². The van der Waals surface area contributed by atoms with Gasteiger partial charge < -0.3 is 5.11 Å². The Bertz CT molecular complexity index is 590. The normalized spacial score (nSPS) is 34.0. The van der Waals surface area contributed by atoms with Crippen LogP contribution in [0, 0.1) is 0 Å². The van der Waals surface area contributed by atoms with E-state index in [9.17, 15) is 13.5 Å². The van der Waals surface area contributed by atoms with E-state index in [0.717, 1.165) is 6.54 Å². The van der Waals surface area contributed by atoms with Gasteiger partial charge >= 0.3 is 0 Å². The minimum absolute atomic E-state index is 0.210. The van der Waals surface area contributed by atoms with E-state index in [4.69, 9.17) is 0 Å². The largest absolute Gasteiger partial charge is 0.390 e. The predicted octanol–water partition coefficient (Wildman–Crippen LogP) is 0.267. The summed E-state index contributed by atoms with van der Waals surface area (Å²) in [6, 6.07) is 10.0. The predicted molar refractivity (Wildman–Crippen MR) is 76.6 cm³/mol. The monoisotopic (exact) mass is 296 g/mol. The first-order valence-electron chi connectivity index (χ1n) is 6.86. The van der Waals surface area contributed by atoms with Crippen molar-refractivity contribution in [3.05, 3.63) is 35.9 Å². The summed E-state index contributed by atoms with van der Waals surface area (Å²) in [5, 5.41) is 10.2.